The van der Waals surface area contributed by atoms with E-state index in [-0.39, 0.29) is 6.61 Å². The minimum Gasteiger partial charge on any atom is -0.396 e. The van der Waals surface area contributed by atoms with Crippen LogP contribution in [0.25, 0.3) is 10.9 Å². The lowest BCUT2D eigenvalue weighted by molar-refractivity contribution is 0.288. The Morgan fingerprint density at radius 2 is 1.83 bits per heavy atom. The van der Waals surface area contributed by atoms with Gasteiger partial charge in [-0.1, -0.05) is 0 Å². The SMILES string of the molecule is Cc1cc2c(CCCO)cn(C(C)C)c2cc1C. The fourth-order valence-corrected chi connectivity index (χ4v) is 2.47. The lowest BCUT2D eigenvalue weighted by Gasteiger charge is -2.10. The summed E-state index contributed by atoms with van der Waals surface area (Å²) in [5.74, 6) is 0. The highest BCUT2D eigenvalue weighted by Gasteiger charge is 2.11. The number of hydrogen-bond acceptors (Lipinski definition) is 1. The summed E-state index contributed by atoms with van der Waals surface area (Å²) in [6.45, 7) is 9.02. The van der Waals surface area contributed by atoms with E-state index in [1.54, 1.807) is 0 Å². The summed E-state index contributed by atoms with van der Waals surface area (Å²) >= 11 is 0. The first-order chi connectivity index (χ1) is 8.54. The van der Waals surface area contributed by atoms with Crippen molar-refractivity contribution in [3.8, 4) is 0 Å². The van der Waals surface area contributed by atoms with Crippen LogP contribution in [0.15, 0.2) is 18.3 Å². The van der Waals surface area contributed by atoms with Gasteiger partial charge in [0.1, 0.15) is 0 Å². The maximum absolute atomic E-state index is 9.01. The van der Waals surface area contributed by atoms with Crippen molar-refractivity contribution in [1.82, 2.24) is 4.57 Å². The van der Waals surface area contributed by atoms with Crippen LogP contribution in [0.2, 0.25) is 0 Å². The summed E-state index contributed by atoms with van der Waals surface area (Å²) in [5, 5.41) is 10.4. The lowest BCUT2D eigenvalue weighted by Crippen LogP contribution is -1.98. The zero-order chi connectivity index (χ0) is 13.3. The molecule has 1 aromatic carbocycles. The molecule has 0 aliphatic carbocycles. The average molecular weight is 245 g/mol. The Labute approximate surface area is 109 Å². The Hall–Kier alpha value is -1.28. The van der Waals surface area contributed by atoms with Gasteiger partial charge in [0.15, 0.2) is 0 Å². The van der Waals surface area contributed by atoms with Gasteiger partial charge in [-0.2, -0.15) is 0 Å². The van der Waals surface area contributed by atoms with E-state index in [1.807, 2.05) is 0 Å². The van der Waals surface area contributed by atoms with Gasteiger partial charge >= 0.3 is 0 Å². The van der Waals surface area contributed by atoms with E-state index in [0.29, 0.717) is 6.04 Å². The molecule has 0 saturated carbocycles. The van der Waals surface area contributed by atoms with Crippen molar-refractivity contribution >= 4 is 10.9 Å². The molecule has 2 rings (SSSR count). The number of rotatable bonds is 4. The highest BCUT2D eigenvalue weighted by Crippen LogP contribution is 2.28. The van der Waals surface area contributed by atoms with Gasteiger partial charge in [0.2, 0.25) is 0 Å². The third-order valence-corrected chi connectivity index (χ3v) is 3.69. The molecule has 18 heavy (non-hydrogen) atoms. The standard InChI is InChI=1S/C16H23NO/c1-11(2)17-10-14(6-5-7-18)15-8-12(3)13(4)9-16(15)17/h8-11,18H,5-7H2,1-4H3. The molecule has 0 saturated heterocycles. The van der Waals surface area contributed by atoms with E-state index in [2.05, 4.69) is 50.6 Å². The van der Waals surface area contributed by atoms with Crippen LogP contribution in [0.4, 0.5) is 0 Å². The van der Waals surface area contributed by atoms with E-state index in [0.717, 1.165) is 12.8 Å². The van der Waals surface area contributed by atoms with Crippen LogP contribution in [-0.2, 0) is 6.42 Å². The van der Waals surface area contributed by atoms with Crippen molar-refractivity contribution in [1.29, 1.82) is 0 Å². The number of hydrogen-bond donors (Lipinski definition) is 1. The maximum Gasteiger partial charge on any atom is 0.0488 e. The predicted molar refractivity (Wildman–Crippen MR) is 77.2 cm³/mol. The molecule has 1 N–H and O–H groups in total. The number of aliphatic hydroxyl groups is 1. The number of aryl methyl sites for hydroxylation is 3. The molecule has 0 spiro atoms. The molecular formula is C16H23NO. The van der Waals surface area contributed by atoms with Gasteiger partial charge < -0.3 is 9.67 Å². The quantitative estimate of drug-likeness (QED) is 0.871. The van der Waals surface area contributed by atoms with Crippen LogP contribution in [0.5, 0.6) is 0 Å². The smallest absolute Gasteiger partial charge is 0.0488 e. The third kappa shape index (κ3) is 2.30. The van der Waals surface area contributed by atoms with E-state index < -0.39 is 0 Å². The minimum atomic E-state index is 0.263. The zero-order valence-electron chi connectivity index (χ0n) is 11.8. The molecule has 1 aromatic heterocycles. The van der Waals surface area contributed by atoms with Gasteiger partial charge in [0.05, 0.1) is 0 Å². The fourth-order valence-electron chi connectivity index (χ4n) is 2.47. The molecule has 2 heteroatoms. The molecule has 0 bridgehead atoms. The molecule has 0 aliphatic rings. The van der Waals surface area contributed by atoms with Crippen LogP contribution in [0, 0.1) is 13.8 Å². The largest absolute Gasteiger partial charge is 0.396 e. The summed E-state index contributed by atoms with van der Waals surface area (Å²) in [6.07, 6.45) is 4.04. The molecule has 0 aliphatic heterocycles. The van der Waals surface area contributed by atoms with Crippen LogP contribution >= 0.6 is 0 Å². The molecule has 2 aromatic rings. The number of benzene rings is 1. The molecule has 98 valence electrons. The minimum absolute atomic E-state index is 0.263. The molecule has 1 heterocycles. The van der Waals surface area contributed by atoms with Gasteiger partial charge in [0, 0.05) is 29.7 Å². The van der Waals surface area contributed by atoms with Crippen LogP contribution < -0.4 is 0 Å². The Bertz CT molecular complexity index is 552. The summed E-state index contributed by atoms with van der Waals surface area (Å²) in [7, 11) is 0. The Balaban J connectivity index is 2.61. The predicted octanol–water partition coefficient (Wildman–Crippen LogP) is 3.76. The van der Waals surface area contributed by atoms with Crippen molar-refractivity contribution in [2.45, 2.75) is 46.6 Å². The Morgan fingerprint density at radius 1 is 1.17 bits per heavy atom. The van der Waals surface area contributed by atoms with Crippen molar-refractivity contribution in [2.24, 2.45) is 0 Å². The number of fused-ring (bicyclic) bond motifs is 1. The third-order valence-electron chi connectivity index (χ3n) is 3.69. The first-order valence-electron chi connectivity index (χ1n) is 6.76. The molecule has 0 atom stereocenters. The second-order valence-electron chi connectivity index (χ2n) is 5.44. The summed E-state index contributed by atoms with van der Waals surface area (Å²) < 4.78 is 2.34. The molecule has 0 unspecified atom stereocenters. The summed E-state index contributed by atoms with van der Waals surface area (Å²) in [5.41, 5.74) is 5.36. The number of nitrogens with zero attached hydrogens (tertiary/aromatic N) is 1. The van der Waals surface area contributed by atoms with Crippen LogP contribution in [0.1, 0.15) is 43.0 Å². The lowest BCUT2D eigenvalue weighted by atomic mass is 10.0. The molecule has 0 amide bonds. The van der Waals surface area contributed by atoms with E-state index in [1.165, 1.54) is 27.6 Å². The van der Waals surface area contributed by atoms with Gasteiger partial charge in [-0.15, -0.1) is 0 Å². The van der Waals surface area contributed by atoms with Gasteiger partial charge in [0.25, 0.3) is 0 Å². The molecular weight excluding hydrogens is 222 g/mol. The molecule has 0 radical (unpaired) electrons. The first kappa shape index (κ1) is 13.2. The topological polar surface area (TPSA) is 25.2 Å². The fraction of sp³-hybridized carbons (Fsp3) is 0.500. The number of aromatic nitrogens is 1. The van der Waals surface area contributed by atoms with E-state index in [4.69, 9.17) is 5.11 Å². The normalized spacial score (nSPS) is 11.7. The van der Waals surface area contributed by atoms with Gasteiger partial charge in [-0.25, -0.2) is 0 Å². The van der Waals surface area contributed by atoms with Crippen molar-refractivity contribution in [3.05, 3.63) is 35.0 Å². The zero-order valence-corrected chi connectivity index (χ0v) is 11.8. The van der Waals surface area contributed by atoms with Crippen molar-refractivity contribution in [2.75, 3.05) is 6.61 Å². The van der Waals surface area contributed by atoms with Gasteiger partial charge in [-0.3, -0.25) is 0 Å². The Kier molecular flexibility index (Phi) is 3.76. The maximum atomic E-state index is 9.01. The second kappa shape index (κ2) is 5.15. The first-order valence-corrected chi connectivity index (χ1v) is 6.76. The summed E-state index contributed by atoms with van der Waals surface area (Å²) in [4.78, 5) is 0. The monoisotopic (exact) mass is 245 g/mol. The highest BCUT2D eigenvalue weighted by molar-refractivity contribution is 5.85. The van der Waals surface area contributed by atoms with E-state index in [9.17, 15) is 0 Å². The Morgan fingerprint density at radius 3 is 2.44 bits per heavy atom. The second-order valence-corrected chi connectivity index (χ2v) is 5.44. The van der Waals surface area contributed by atoms with Crippen molar-refractivity contribution < 1.29 is 5.11 Å². The van der Waals surface area contributed by atoms with Crippen LogP contribution in [0.3, 0.4) is 0 Å². The van der Waals surface area contributed by atoms with Crippen molar-refractivity contribution in [3.63, 3.8) is 0 Å². The highest BCUT2D eigenvalue weighted by atomic mass is 16.2. The number of aliphatic hydroxyl groups excluding tert-OH is 1. The summed E-state index contributed by atoms with van der Waals surface area (Å²) in [6, 6.07) is 5.04. The van der Waals surface area contributed by atoms with Crippen LogP contribution in [-0.4, -0.2) is 16.3 Å². The molecule has 2 nitrogen and oxygen atoms in total. The average Bonchev–Trinajstić information content (AvgIpc) is 2.66. The van der Waals surface area contributed by atoms with E-state index >= 15 is 0 Å². The van der Waals surface area contributed by atoms with Gasteiger partial charge in [-0.05, 0) is 69.4 Å². The molecule has 0 fully saturated rings.